The number of pyridine rings is 1. The van der Waals surface area contributed by atoms with Gasteiger partial charge in [0.15, 0.2) is 5.78 Å². The lowest BCUT2D eigenvalue weighted by atomic mass is 9.78. The molecule has 0 saturated carbocycles. The Labute approximate surface area is 122 Å². The van der Waals surface area contributed by atoms with E-state index < -0.39 is 5.41 Å². The summed E-state index contributed by atoms with van der Waals surface area (Å²) in [5, 5.41) is 1.05. The molecule has 0 N–H and O–H groups in total. The molecule has 98 valence electrons. The fourth-order valence-corrected chi connectivity index (χ4v) is 2.62. The molecule has 4 heteroatoms. The molecule has 0 fully saturated rings. The lowest BCUT2D eigenvalue weighted by molar-refractivity contribution is 0.0908. The van der Waals surface area contributed by atoms with Crippen molar-refractivity contribution in [3.8, 4) is 0 Å². The molecule has 0 aliphatic carbocycles. The molecule has 2 aromatic rings. The molecule has 0 amide bonds. The first-order valence-electron chi connectivity index (χ1n) is 5.83. The molecule has 19 heavy (non-hydrogen) atoms. The Morgan fingerprint density at radius 2 is 1.95 bits per heavy atom. The van der Waals surface area contributed by atoms with Gasteiger partial charge in [-0.15, -0.1) is 0 Å². The third-order valence-corrected chi connectivity index (χ3v) is 3.64. The van der Waals surface area contributed by atoms with Crippen molar-refractivity contribution >= 4 is 29.0 Å². The number of hydrogen-bond donors (Lipinski definition) is 0. The maximum absolute atomic E-state index is 12.6. The average molecular weight is 294 g/mol. The number of carbonyl (C=O) groups is 1. The van der Waals surface area contributed by atoms with Crippen molar-refractivity contribution in [1.29, 1.82) is 0 Å². The Hall–Kier alpha value is -1.38. The minimum atomic E-state index is -0.731. The van der Waals surface area contributed by atoms with Gasteiger partial charge in [-0.25, -0.2) is 0 Å². The highest BCUT2D eigenvalue weighted by molar-refractivity contribution is 6.35. The summed E-state index contributed by atoms with van der Waals surface area (Å²) in [7, 11) is 0. The molecule has 0 aliphatic rings. The van der Waals surface area contributed by atoms with E-state index in [4.69, 9.17) is 23.2 Å². The van der Waals surface area contributed by atoms with Gasteiger partial charge in [-0.2, -0.15) is 0 Å². The summed E-state index contributed by atoms with van der Waals surface area (Å²) in [6, 6.07) is 8.67. The van der Waals surface area contributed by atoms with Gasteiger partial charge < -0.3 is 0 Å². The standard InChI is InChI=1S/C15H13Cl2NO/c1-15(2,12-6-5-11(16)8-13(12)17)14(19)10-4-3-7-18-9-10/h3-9H,1-2H3. The predicted molar refractivity (Wildman–Crippen MR) is 78.1 cm³/mol. The molecule has 1 heterocycles. The minimum Gasteiger partial charge on any atom is -0.293 e. The molecule has 1 aromatic carbocycles. The number of hydrogen-bond acceptors (Lipinski definition) is 2. The normalized spacial score (nSPS) is 11.4. The molecule has 0 atom stereocenters. The molecule has 0 radical (unpaired) electrons. The summed E-state index contributed by atoms with van der Waals surface area (Å²) < 4.78 is 0. The van der Waals surface area contributed by atoms with E-state index >= 15 is 0 Å². The van der Waals surface area contributed by atoms with Crippen LogP contribution in [0.2, 0.25) is 10.0 Å². The Balaban J connectivity index is 2.45. The second-order valence-electron chi connectivity index (χ2n) is 4.82. The van der Waals surface area contributed by atoms with E-state index in [1.54, 1.807) is 42.7 Å². The quantitative estimate of drug-likeness (QED) is 0.777. The van der Waals surface area contributed by atoms with Gasteiger partial charge in [0, 0.05) is 28.0 Å². The van der Waals surface area contributed by atoms with Crippen molar-refractivity contribution < 1.29 is 4.79 Å². The fourth-order valence-electron chi connectivity index (χ4n) is 1.98. The fraction of sp³-hybridized carbons (Fsp3) is 0.200. The number of Topliss-reactive ketones (excluding diaryl/α,β-unsaturated/α-hetero) is 1. The van der Waals surface area contributed by atoms with Crippen LogP contribution in [0.4, 0.5) is 0 Å². The highest BCUT2D eigenvalue weighted by atomic mass is 35.5. The topological polar surface area (TPSA) is 30.0 Å². The van der Waals surface area contributed by atoms with E-state index in [0.717, 1.165) is 5.56 Å². The third-order valence-electron chi connectivity index (χ3n) is 3.10. The van der Waals surface area contributed by atoms with Crippen LogP contribution in [0.5, 0.6) is 0 Å². The lowest BCUT2D eigenvalue weighted by Gasteiger charge is -2.25. The molecule has 2 rings (SSSR count). The largest absolute Gasteiger partial charge is 0.293 e. The van der Waals surface area contributed by atoms with Gasteiger partial charge in [0.1, 0.15) is 0 Å². The zero-order valence-electron chi connectivity index (χ0n) is 10.7. The minimum absolute atomic E-state index is 0.0233. The monoisotopic (exact) mass is 293 g/mol. The zero-order valence-corrected chi connectivity index (χ0v) is 12.2. The third kappa shape index (κ3) is 2.80. The van der Waals surface area contributed by atoms with E-state index in [1.165, 1.54) is 0 Å². The highest BCUT2D eigenvalue weighted by Gasteiger charge is 2.32. The van der Waals surface area contributed by atoms with Gasteiger partial charge >= 0.3 is 0 Å². The predicted octanol–water partition coefficient (Wildman–Crippen LogP) is 4.55. The smallest absolute Gasteiger partial charge is 0.174 e. The SMILES string of the molecule is CC(C)(C(=O)c1cccnc1)c1ccc(Cl)cc1Cl. The number of aromatic nitrogens is 1. The van der Waals surface area contributed by atoms with Crippen molar-refractivity contribution in [1.82, 2.24) is 4.98 Å². The molecule has 0 aliphatic heterocycles. The van der Waals surface area contributed by atoms with Gasteiger partial charge in [-0.05, 0) is 43.7 Å². The van der Waals surface area contributed by atoms with Crippen LogP contribution in [0, 0.1) is 0 Å². The second kappa shape index (κ2) is 5.32. The van der Waals surface area contributed by atoms with E-state index in [1.807, 2.05) is 13.8 Å². The average Bonchev–Trinajstić information content (AvgIpc) is 2.38. The summed E-state index contributed by atoms with van der Waals surface area (Å²) in [5.41, 5.74) is 0.593. The van der Waals surface area contributed by atoms with Gasteiger partial charge in [0.2, 0.25) is 0 Å². The van der Waals surface area contributed by atoms with Crippen LogP contribution in [0.3, 0.4) is 0 Å². The van der Waals surface area contributed by atoms with Crippen LogP contribution < -0.4 is 0 Å². The molecular formula is C15H13Cl2NO. The van der Waals surface area contributed by atoms with E-state index in [2.05, 4.69) is 4.98 Å². The zero-order chi connectivity index (χ0) is 14.0. The number of rotatable bonds is 3. The molecule has 0 bridgehead atoms. The van der Waals surface area contributed by atoms with Crippen LogP contribution in [0.15, 0.2) is 42.7 Å². The van der Waals surface area contributed by atoms with E-state index in [0.29, 0.717) is 15.6 Å². The van der Waals surface area contributed by atoms with Crippen LogP contribution in [0.25, 0.3) is 0 Å². The molecule has 0 unspecified atom stereocenters. The van der Waals surface area contributed by atoms with Gasteiger partial charge in [0.05, 0.1) is 5.41 Å². The Morgan fingerprint density at radius 1 is 1.21 bits per heavy atom. The number of nitrogens with zero attached hydrogens (tertiary/aromatic N) is 1. The van der Waals surface area contributed by atoms with Crippen molar-refractivity contribution in [2.45, 2.75) is 19.3 Å². The van der Waals surface area contributed by atoms with Crippen LogP contribution in [0.1, 0.15) is 29.8 Å². The Kier molecular flexibility index (Phi) is 3.93. The Bertz CT molecular complexity index is 609. The van der Waals surface area contributed by atoms with Crippen molar-refractivity contribution in [2.24, 2.45) is 0 Å². The maximum Gasteiger partial charge on any atom is 0.174 e. The summed E-state index contributed by atoms with van der Waals surface area (Å²) in [4.78, 5) is 16.5. The van der Waals surface area contributed by atoms with Crippen LogP contribution in [-0.2, 0) is 5.41 Å². The summed E-state index contributed by atoms with van der Waals surface area (Å²) in [5.74, 6) is -0.0233. The van der Waals surface area contributed by atoms with Crippen molar-refractivity contribution in [2.75, 3.05) is 0 Å². The highest BCUT2D eigenvalue weighted by Crippen LogP contribution is 2.34. The Morgan fingerprint density at radius 3 is 2.53 bits per heavy atom. The number of benzene rings is 1. The maximum atomic E-state index is 12.6. The lowest BCUT2D eigenvalue weighted by Crippen LogP contribution is -2.29. The van der Waals surface area contributed by atoms with Crippen molar-refractivity contribution in [3.05, 3.63) is 63.9 Å². The van der Waals surface area contributed by atoms with E-state index in [-0.39, 0.29) is 5.78 Å². The van der Waals surface area contributed by atoms with E-state index in [9.17, 15) is 4.79 Å². The number of halogens is 2. The van der Waals surface area contributed by atoms with Crippen LogP contribution >= 0.6 is 23.2 Å². The van der Waals surface area contributed by atoms with Gasteiger partial charge in [0.25, 0.3) is 0 Å². The second-order valence-corrected chi connectivity index (χ2v) is 5.66. The molecule has 0 saturated heterocycles. The molecule has 1 aromatic heterocycles. The molecular weight excluding hydrogens is 281 g/mol. The summed E-state index contributed by atoms with van der Waals surface area (Å²) >= 11 is 12.1. The van der Waals surface area contributed by atoms with Crippen molar-refractivity contribution in [3.63, 3.8) is 0 Å². The van der Waals surface area contributed by atoms with Gasteiger partial charge in [-0.1, -0.05) is 29.3 Å². The summed E-state index contributed by atoms with van der Waals surface area (Å²) in [6.07, 6.45) is 3.20. The summed E-state index contributed by atoms with van der Waals surface area (Å²) in [6.45, 7) is 3.69. The molecule has 2 nitrogen and oxygen atoms in total. The first-order valence-corrected chi connectivity index (χ1v) is 6.59. The van der Waals surface area contributed by atoms with Gasteiger partial charge in [-0.3, -0.25) is 9.78 Å². The molecule has 0 spiro atoms. The number of ketones is 1. The number of carbonyl (C=O) groups excluding carboxylic acids is 1. The first-order chi connectivity index (χ1) is 8.93. The first kappa shape index (κ1) is 14.0. The van der Waals surface area contributed by atoms with Crippen LogP contribution in [-0.4, -0.2) is 10.8 Å².